The third kappa shape index (κ3) is 4.87. The van der Waals surface area contributed by atoms with Gasteiger partial charge in [0.25, 0.3) is 5.91 Å². The lowest BCUT2D eigenvalue weighted by Crippen LogP contribution is -2.37. The van der Waals surface area contributed by atoms with E-state index < -0.39 is 0 Å². The molecule has 0 aliphatic carbocycles. The highest BCUT2D eigenvalue weighted by molar-refractivity contribution is 5.77. The Morgan fingerprint density at radius 2 is 1.80 bits per heavy atom. The molecule has 1 N–H and O–H groups in total. The smallest absolute Gasteiger partial charge is 0.258 e. The average Bonchev–Trinajstić information content (AvgIpc) is 2.41. The normalized spacial score (nSPS) is 11.5. The van der Waals surface area contributed by atoms with Crippen LogP contribution in [0.4, 0.5) is 0 Å². The molecule has 0 bridgehead atoms. The van der Waals surface area contributed by atoms with Gasteiger partial charge in [0.15, 0.2) is 6.61 Å². The fourth-order valence-corrected chi connectivity index (χ4v) is 2.12. The number of amides is 1. The first-order valence-corrected chi connectivity index (χ1v) is 7.40. The largest absolute Gasteiger partial charge is 0.483 e. The van der Waals surface area contributed by atoms with Gasteiger partial charge in [-0.1, -0.05) is 52.8 Å². The molecule has 0 fully saturated rings. The van der Waals surface area contributed by atoms with Crippen LogP contribution >= 0.6 is 0 Å². The van der Waals surface area contributed by atoms with Crippen LogP contribution in [0.2, 0.25) is 0 Å². The Labute approximate surface area is 122 Å². The summed E-state index contributed by atoms with van der Waals surface area (Å²) in [5, 5.41) is 2.98. The minimum atomic E-state index is -0.0533. The summed E-state index contributed by atoms with van der Waals surface area (Å²) in [5.74, 6) is 0.738. The first kappa shape index (κ1) is 16.5. The van der Waals surface area contributed by atoms with Gasteiger partial charge in [-0.25, -0.2) is 0 Å². The fourth-order valence-electron chi connectivity index (χ4n) is 2.12. The van der Waals surface area contributed by atoms with Crippen LogP contribution < -0.4 is 10.1 Å². The van der Waals surface area contributed by atoms with Crippen LogP contribution in [-0.2, 0) is 10.2 Å². The van der Waals surface area contributed by atoms with Crippen molar-refractivity contribution < 1.29 is 9.53 Å². The lowest BCUT2D eigenvalue weighted by atomic mass is 9.86. The van der Waals surface area contributed by atoms with Gasteiger partial charge >= 0.3 is 0 Å². The summed E-state index contributed by atoms with van der Waals surface area (Å²) >= 11 is 0. The van der Waals surface area contributed by atoms with Gasteiger partial charge in [-0.2, -0.15) is 0 Å². The predicted octanol–water partition coefficient (Wildman–Crippen LogP) is 3.67. The number of hydrogen-bond donors (Lipinski definition) is 1. The van der Waals surface area contributed by atoms with Gasteiger partial charge in [-0.15, -0.1) is 0 Å². The van der Waals surface area contributed by atoms with E-state index in [1.165, 1.54) is 0 Å². The Balaban J connectivity index is 2.64. The molecule has 0 radical (unpaired) electrons. The standard InChI is InChI=1S/C17H27NO2/c1-6-13(7-2)18-16(19)12-20-15-11-9-8-10-14(15)17(3,4)5/h8-11,13H,6-7,12H2,1-5H3,(H,18,19). The Kier molecular flexibility index (Phi) is 6.05. The zero-order valence-corrected chi connectivity index (χ0v) is 13.3. The molecular formula is C17H27NO2. The molecule has 1 aromatic carbocycles. The van der Waals surface area contributed by atoms with Gasteiger partial charge in [0.2, 0.25) is 0 Å². The van der Waals surface area contributed by atoms with Crippen LogP contribution in [0.15, 0.2) is 24.3 Å². The summed E-state index contributed by atoms with van der Waals surface area (Å²) in [7, 11) is 0. The zero-order valence-electron chi connectivity index (χ0n) is 13.3. The maximum atomic E-state index is 11.9. The third-order valence-corrected chi connectivity index (χ3v) is 3.40. The second-order valence-corrected chi connectivity index (χ2v) is 6.12. The summed E-state index contributed by atoms with van der Waals surface area (Å²) in [4.78, 5) is 11.9. The minimum Gasteiger partial charge on any atom is -0.483 e. The van der Waals surface area contributed by atoms with E-state index in [1.807, 2.05) is 24.3 Å². The Bertz CT molecular complexity index is 431. The van der Waals surface area contributed by atoms with E-state index in [0.717, 1.165) is 24.2 Å². The monoisotopic (exact) mass is 277 g/mol. The molecule has 0 saturated carbocycles. The van der Waals surface area contributed by atoms with E-state index in [2.05, 4.69) is 39.9 Å². The number of para-hydroxylation sites is 1. The van der Waals surface area contributed by atoms with E-state index in [-0.39, 0.29) is 24.0 Å². The SMILES string of the molecule is CCC(CC)NC(=O)COc1ccccc1C(C)(C)C. The van der Waals surface area contributed by atoms with Crippen molar-refractivity contribution in [1.82, 2.24) is 5.32 Å². The van der Waals surface area contributed by atoms with Crippen LogP contribution in [0, 0.1) is 0 Å². The Hall–Kier alpha value is -1.51. The lowest BCUT2D eigenvalue weighted by Gasteiger charge is -2.23. The molecule has 0 saturated heterocycles. The topological polar surface area (TPSA) is 38.3 Å². The second kappa shape index (κ2) is 7.32. The van der Waals surface area contributed by atoms with Crippen molar-refractivity contribution in [3.63, 3.8) is 0 Å². The summed E-state index contributed by atoms with van der Waals surface area (Å²) in [6, 6.07) is 8.14. The third-order valence-electron chi connectivity index (χ3n) is 3.40. The molecular weight excluding hydrogens is 250 g/mol. The maximum absolute atomic E-state index is 11.9. The molecule has 20 heavy (non-hydrogen) atoms. The molecule has 1 rings (SSSR count). The number of carbonyl (C=O) groups excluding carboxylic acids is 1. The van der Waals surface area contributed by atoms with E-state index in [9.17, 15) is 4.79 Å². The Morgan fingerprint density at radius 3 is 2.35 bits per heavy atom. The summed E-state index contributed by atoms with van der Waals surface area (Å²) in [5.41, 5.74) is 1.12. The molecule has 0 spiro atoms. The van der Waals surface area contributed by atoms with Gasteiger partial charge in [-0.3, -0.25) is 4.79 Å². The highest BCUT2D eigenvalue weighted by Gasteiger charge is 2.19. The molecule has 0 unspecified atom stereocenters. The molecule has 3 heteroatoms. The van der Waals surface area contributed by atoms with Crippen LogP contribution in [0.1, 0.15) is 53.0 Å². The minimum absolute atomic E-state index is 0.00242. The highest BCUT2D eigenvalue weighted by atomic mass is 16.5. The van der Waals surface area contributed by atoms with Crippen molar-refractivity contribution in [2.45, 2.75) is 58.9 Å². The molecule has 1 aromatic rings. The number of ether oxygens (including phenoxy) is 1. The van der Waals surface area contributed by atoms with Gasteiger partial charge in [0.1, 0.15) is 5.75 Å². The molecule has 0 atom stereocenters. The molecule has 0 heterocycles. The number of rotatable bonds is 6. The van der Waals surface area contributed by atoms with Gasteiger partial charge in [-0.05, 0) is 29.9 Å². The van der Waals surface area contributed by atoms with Crippen molar-refractivity contribution in [2.75, 3.05) is 6.61 Å². The molecule has 0 aliphatic heterocycles. The van der Waals surface area contributed by atoms with Crippen molar-refractivity contribution in [2.24, 2.45) is 0 Å². The van der Waals surface area contributed by atoms with E-state index in [1.54, 1.807) is 0 Å². The zero-order chi connectivity index (χ0) is 15.2. The first-order chi connectivity index (χ1) is 9.38. The van der Waals surface area contributed by atoms with Crippen molar-refractivity contribution in [3.8, 4) is 5.75 Å². The summed E-state index contributed by atoms with van der Waals surface area (Å²) in [6.45, 7) is 10.6. The second-order valence-electron chi connectivity index (χ2n) is 6.12. The number of nitrogens with one attached hydrogen (secondary N) is 1. The van der Waals surface area contributed by atoms with Gasteiger partial charge in [0.05, 0.1) is 0 Å². The molecule has 1 amide bonds. The van der Waals surface area contributed by atoms with Crippen molar-refractivity contribution >= 4 is 5.91 Å². The highest BCUT2D eigenvalue weighted by Crippen LogP contribution is 2.30. The van der Waals surface area contributed by atoms with E-state index >= 15 is 0 Å². The lowest BCUT2D eigenvalue weighted by molar-refractivity contribution is -0.123. The van der Waals surface area contributed by atoms with Crippen LogP contribution in [-0.4, -0.2) is 18.6 Å². The van der Waals surface area contributed by atoms with E-state index in [0.29, 0.717) is 0 Å². The van der Waals surface area contributed by atoms with Crippen LogP contribution in [0.5, 0.6) is 5.75 Å². The van der Waals surface area contributed by atoms with Crippen LogP contribution in [0.3, 0.4) is 0 Å². The van der Waals surface area contributed by atoms with Gasteiger partial charge in [0, 0.05) is 6.04 Å². The number of benzene rings is 1. The molecule has 3 nitrogen and oxygen atoms in total. The molecule has 0 aliphatic rings. The summed E-state index contributed by atoms with van der Waals surface area (Å²) in [6.07, 6.45) is 1.89. The molecule has 0 aromatic heterocycles. The predicted molar refractivity (Wildman–Crippen MR) is 83.1 cm³/mol. The fraction of sp³-hybridized carbons (Fsp3) is 0.588. The first-order valence-electron chi connectivity index (χ1n) is 7.40. The van der Waals surface area contributed by atoms with E-state index in [4.69, 9.17) is 4.74 Å². The number of carbonyl (C=O) groups is 1. The maximum Gasteiger partial charge on any atom is 0.258 e. The number of hydrogen-bond acceptors (Lipinski definition) is 2. The van der Waals surface area contributed by atoms with Crippen molar-refractivity contribution in [1.29, 1.82) is 0 Å². The summed E-state index contributed by atoms with van der Waals surface area (Å²) < 4.78 is 5.70. The molecule has 112 valence electrons. The van der Waals surface area contributed by atoms with Crippen LogP contribution in [0.25, 0.3) is 0 Å². The average molecular weight is 277 g/mol. The van der Waals surface area contributed by atoms with Gasteiger partial charge < -0.3 is 10.1 Å². The quantitative estimate of drug-likeness (QED) is 0.861. The van der Waals surface area contributed by atoms with Crippen molar-refractivity contribution in [3.05, 3.63) is 29.8 Å². The Morgan fingerprint density at radius 1 is 1.20 bits per heavy atom.